The highest BCUT2D eigenvalue weighted by molar-refractivity contribution is 5.87. The summed E-state index contributed by atoms with van der Waals surface area (Å²) in [6.45, 7) is 1.58. The van der Waals surface area contributed by atoms with Crippen molar-refractivity contribution >= 4 is 5.97 Å². The van der Waals surface area contributed by atoms with Crippen molar-refractivity contribution in [3.05, 3.63) is 66.2 Å². The van der Waals surface area contributed by atoms with Crippen LogP contribution in [0.25, 0.3) is 0 Å². The van der Waals surface area contributed by atoms with Gasteiger partial charge in [0, 0.05) is 0 Å². The maximum Gasteiger partial charge on any atom is 0.335 e. The van der Waals surface area contributed by atoms with Gasteiger partial charge < -0.3 is 14.9 Å². The van der Waals surface area contributed by atoms with Gasteiger partial charge >= 0.3 is 5.97 Å². The average Bonchev–Trinajstić information content (AvgIpc) is 2.41. The van der Waals surface area contributed by atoms with Crippen LogP contribution >= 0.6 is 0 Å². The minimum absolute atomic E-state index is 0.331. The highest BCUT2D eigenvalue weighted by Gasteiger charge is 1.96. The van der Waals surface area contributed by atoms with Crippen LogP contribution in [-0.2, 0) is 0 Å². The Morgan fingerprint density at radius 3 is 1.84 bits per heavy atom. The van der Waals surface area contributed by atoms with E-state index >= 15 is 0 Å². The lowest BCUT2D eigenvalue weighted by molar-refractivity contribution is -0.000296. The Morgan fingerprint density at radius 1 is 1.00 bits per heavy atom. The molecule has 4 heteroatoms. The average molecular weight is 260 g/mol. The number of aliphatic hydroxyl groups excluding tert-OH is 1. The van der Waals surface area contributed by atoms with Crippen LogP contribution in [0.15, 0.2) is 60.7 Å². The summed E-state index contributed by atoms with van der Waals surface area (Å²) in [5, 5.41) is 17.2. The van der Waals surface area contributed by atoms with E-state index in [0.29, 0.717) is 11.3 Å². The van der Waals surface area contributed by atoms with Gasteiger partial charge in [-0.15, -0.1) is 0 Å². The molecule has 0 aliphatic rings. The Hall–Kier alpha value is -2.33. The number of rotatable bonds is 3. The minimum atomic E-state index is -0.879. The van der Waals surface area contributed by atoms with Gasteiger partial charge in [0.25, 0.3) is 0 Å². The summed E-state index contributed by atoms with van der Waals surface area (Å²) < 4.78 is 4.97. The van der Waals surface area contributed by atoms with Gasteiger partial charge in [-0.05, 0) is 31.2 Å². The van der Waals surface area contributed by atoms with Gasteiger partial charge in [0.2, 0.25) is 0 Å². The van der Waals surface area contributed by atoms with Gasteiger partial charge in [-0.3, -0.25) is 0 Å². The Bertz CT molecular complexity index is 480. The van der Waals surface area contributed by atoms with E-state index in [9.17, 15) is 4.79 Å². The van der Waals surface area contributed by atoms with E-state index < -0.39 is 12.3 Å². The molecule has 2 aromatic rings. The van der Waals surface area contributed by atoms with E-state index in [1.807, 2.05) is 18.2 Å². The summed E-state index contributed by atoms with van der Waals surface area (Å²) >= 11 is 0. The second kappa shape index (κ2) is 7.89. The van der Waals surface area contributed by atoms with Crippen LogP contribution in [0.1, 0.15) is 17.3 Å². The SMILES string of the molecule is CC(O)Oc1ccccc1.O=C(O)c1ccccc1. The van der Waals surface area contributed by atoms with E-state index in [4.69, 9.17) is 14.9 Å². The monoisotopic (exact) mass is 260 g/mol. The smallest absolute Gasteiger partial charge is 0.335 e. The number of hydrogen-bond acceptors (Lipinski definition) is 3. The highest BCUT2D eigenvalue weighted by atomic mass is 16.6. The van der Waals surface area contributed by atoms with Crippen LogP contribution in [-0.4, -0.2) is 22.5 Å². The van der Waals surface area contributed by atoms with E-state index in [1.165, 1.54) is 0 Å². The van der Waals surface area contributed by atoms with Crippen molar-refractivity contribution in [1.82, 2.24) is 0 Å². The minimum Gasteiger partial charge on any atom is -0.478 e. The lowest BCUT2D eigenvalue weighted by atomic mass is 10.2. The van der Waals surface area contributed by atoms with Gasteiger partial charge in [0.15, 0.2) is 6.29 Å². The second-order valence-corrected chi connectivity index (χ2v) is 3.70. The summed E-state index contributed by atoms with van der Waals surface area (Å²) in [5.41, 5.74) is 0.331. The van der Waals surface area contributed by atoms with Gasteiger partial charge in [-0.1, -0.05) is 36.4 Å². The summed E-state index contributed by atoms with van der Waals surface area (Å²) in [7, 11) is 0. The van der Waals surface area contributed by atoms with Crippen molar-refractivity contribution in [2.24, 2.45) is 0 Å². The van der Waals surface area contributed by atoms with Gasteiger partial charge in [0.1, 0.15) is 5.75 Å². The van der Waals surface area contributed by atoms with Crippen molar-refractivity contribution in [2.75, 3.05) is 0 Å². The van der Waals surface area contributed by atoms with Gasteiger partial charge in [0.05, 0.1) is 5.56 Å². The molecule has 0 fully saturated rings. The Morgan fingerprint density at radius 2 is 1.47 bits per heavy atom. The van der Waals surface area contributed by atoms with Crippen LogP contribution in [0.3, 0.4) is 0 Å². The number of carboxylic acid groups (broad SMARTS) is 1. The Kier molecular flexibility index (Phi) is 6.12. The summed E-state index contributed by atoms with van der Waals surface area (Å²) in [4.78, 5) is 10.2. The molecule has 4 nitrogen and oxygen atoms in total. The number of aliphatic hydroxyl groups is 1. The first-order valence-corrected chi connectivity index (χ1v) is 5.77. The van der Waals surface area contributed by atoms with Crippen molar-refractivity contribution < 1.29 is 19.7 Å². The third-order valence-corrected chi connectivity index (χ3v) is 2.07. The molecular weight excluding hydrogens is 244 g/mol. The molecule has 0 bridgehead atoms. The molecule has 0 saturated heterocycles. The van der Waals surface area contributed by atoms with Crippen molar-refractivity contribution in [1.29, 1.82) is 0 Å². The predicted molar refractivity (Wildman–Crippen MR) is 72.2 cm³/mol. The first-order chi connectivity index (χ1) is 9.09. The quantitative estimate of drug-likeness (QED) is 0.833. The van der Waals surface area contributed by atoms with Crippen LogP contribution < -0.4 is 4.74 Å². The van der Waals surface area contributed by atoms with E-state index in [1.54, 1.807) is 49.4 Å². The number of carboxylic acids is 1. The van der Waals surface area contributed by atoms with Gasteiger partial charge in [-0.2, -0.15) is 0 Å². The zero-order valence-corrected chi connectivity index (χ0v) is 10.6. The molecule has 1 atom stereocenters. The third kappa shape index (κ3) is 6.24. The maximum absolute atomic E-state index is 10.2. The highest BCUT2D eigenvalue weighted by Crippen LogP contribution is 2.09. The molecule has 0 amide bonds. The predicted octanol–water partition coefficient (Wildman–Crippen LogP) is 2.79. The number of benzene rings is 2. The molecule has 2 aromatic carbocycles. The largest absolute Gasteiger partial charge is 0.478 e. The van der Waals surface area contributed by atoms with Crippen molar-refractivity contribution in [3.8, 4) is 5.75 Å². The fraction of sp³-hybridized carbons (Fsp3) is 0.133. The number of aromatic carboxylic acids is 1. The molecule has 0 spiro atoms. The molecular formula is C15H16O4. The fourth-order valence-electron chi connectivity index (χ4n) is 1.28. The first kappa shape index (κ1) is 14.7. The van der Waals surface area contributed by atoms with E-state index in [-0.39, 0.29) is 0 Å². The molecule has 0 saturated carbocycles. The standard InChI is InChI=1S/C8H10O2.C7H6O2/c1-7(9)10-8-5-3-2-4-6-8;8-7(9)6-4-2-1-3-5-6/h2-7,9H,1H3;1-5H,(H,8,9). The number of hydrogen-bond donors (Lipinski definition) is 2. The number of ether oxygens (including phenoxy) is 1. The lowest BCUT2D eigenvalue weighted by Gasteiger charge is -2.06. The molecule has 0 heterocycles. The van der Waals surface area contributed by atoms with E-state index in [0.717, 1.165) is 0 Å². The number of carbonyl (C=O) groups is 1. The van der Waals surface area contributed by atoms with Crippen LogP contribution in [0.2, 0.25) is 0 Å². The van der Waals surface area contributed by atoms with Crippen molar-refractivity contribution in [2.45, 2.75) is 13.2 Å². The fourth-order valence-corrected chi connectivity index (χ4v) is 1.28. The normalized spacial score (nSPS) is 10.8. The van der Waals surface area contributed by atoms with Crippen molar-refractivity contribution in [3.63, 3.8) is 0 Å². The second-order valence-electron chi connectivity index (χ2n) is 3.70. The summed E-state index contributed by atoms with van der Waals surface area (Å²) in [5.74, 6) is -0.187. The van der Waals surface area contributed by atoms with Crippen LogP contribution in [0, 0.1) is 0 Å². The Balaban J connectivity index is 0.000000191. The molecule has 19 heavy (non-hydrogen) atoms. The molecule has 0 aliphatic heterocycles. The third-order valence-electron chi connectivity index (χ3n) is 2.07. The van der Waals surface area contributed by atoms with Crippen LogP contribution in [0.4, 0.5) is 0 Å². The van der Waals surface area contributed by atoms with E-state index in [2.05, 4.69) is 0 Å². The molecule has 0 aliphatic carbocycles. The number of para-hydroxylation sites is 1. The van der Waals surface area contributed by atoms with Crippen LogP contribution in [0.5, 0.6) is 5.75 Å². The first-order valence-electron chi connectivity index (χ1n) is 5.77. The molecule has 2 N–H and O–H groups in total. The molecule has 100 valence electrons. The molecule has 0 aromatic heterocycles. The molecule has 1 unspecified atom stereocenters. The zero-order chi connectivity index (χ0) is 14.1. The molecule has 2 rings (SSSR count). The lowest BCUT2D eigenvalue weighted by Crippen LogP contribution is -2.08. The topological polar surface area (TPSA) is 66.8 Å². The van der Waals surface area contributed by atoms with Gasteiger partial charge in [-0.25, -0.2) is 4.79 Å². The Labute approximate surface area is 111 Å². The summed E-state index contributed by atoms with van der Waals surface area (Å²) in [6.07, 6.45) is -0.734. The molecule has 0 radical (unpaired) electrons. The summed E-state index contributed by atoms with van der Waals surface area (Å²) in [6, 6.07) is 17.5. The maximum atomic E-state index is 10.2. The zero-order valence-electron chi connectivity index (χ0n) is 10.6.